The Morgan fingerprint density at radius 2 is 1.09 bits per heavy atom. The summed E-state index contributed by atoms with van der Waals surface area (Å²) in [6.45, 7) is 0. The van der Waals surface area contributed by atoms with Gasteiger partial charge < -0.3 is 0 Å². The third-order valence-corrected chi connectivity index (χ3v) is 7.31. The second-order valence-electron chi connectivity index (χ2n) is 8.63. The second-order valence-corrected chi connectivity index (χ2v) is 9.54. The molecule has 0 atom stereocenters. The van der Waals surface area contributed by atoms with Gasteiger partial charge in [-0.15, -0.1) is 0 Å². The minimum Gasteiger partial charge on any atom is -0.289 e. The topological polar surface area (TPSA) is 17.1 Å². The molecule has 0 aliphatic heterocycles. The third-order valence-electron chi connectivity index (χ3n) is 6.82. The smallest absolute Gasteiger partial charge is 0.193 e. The van der Waals surface area contributed by atoms with Crippen molar-refractivity contribution in [2.75, 3.05) is 0 Å². The lowest BCUT2D eigenvalue weighted by molar-refractivity contribution is 0.103. The van der Waals surface area contributed by atoms with Crippen molar-refractivity contribution in [2.24, 2.45) is 0 Å². The Hall–Kier alpha value is -3.75. The lowest BCUT2D eigenvalue weighted by Crippen LogP contribution is -2.38. The van der Waals surface area contributed by atoms with Crippen molar-refractivity contribution in [1.82, 2.24) is 0 Å². The molecule has 5 aromatic rings. The van der Waals surface area contributed by atoms with E-state index < -0.39 is 5.41 Å². The Kier molecular flexibility index (Phi) is 5.04. The van der Waals surface area contributed by atoms with Gasteiger partial charge in [0.2, 0.25) is 0 Å². The zero-order valence-corrected chi connectivity index (χ0v) is 20.0. The van der Waals surface area contributed by atoms with Gasteiger partial charge in [0.1, 0.15) is 0 Å². The number of benzene rings is 5. The van der Waals surface area contributed by atoms with E-state index in [-0.39, 0.29) is 5.78 Å². The molecule has 0 aromatic heterocycles. The van der Waals surface area contributed by atoms with E-state index in [0.717, 1.165) is 49.0 Å². The summed E-state index contributed by atoms with van der Waals surface area (Å²) in [4.78, 5) is 13.8. The Labute approximate surface area is 207 Å². The van der Waals surface area contributed by atoms with Gasteiger partial charge in [-0.25, -0.2) is 0 Å². The first-order chi connectivity index (χ1) is 16.7. The minimum absolute atomic E-state index is 0.0777. The van der Waals surface area contributed by atoms with E-state index in [4.69, 9.17) is 0 Å². The normalized spacial score (nSPS) is 13.7. The van der Waals surface area contributed by atoms with Gasteiger partial charge in [-0.05, 0) is 51.6 Å². The summed E-state index contributed by atoms with van der Waals surface area (Å²) in [5.41, 5.74) is 7.44. The molecule has 1 nitrogen and oxygen atoms in total. The van der Waals surface area contributed by atoms with Crippen molar-refractivity contribution in [3.05, 3.63) is 165 Å². The van der Waals surface area contributed by atoms with Crippen LogP contribution in [0.1, 0.15) is 38.2 Å². The Morgan fingerprint density at radius 1 is 0.500 bits per heavy atom. The first kappa shape index (κ1) is 20.8. The molecule has 0 N–H and O–H groups in total. The van der Waals surface area contributed by atoms with Crippen molar-refractivity contribution in [3.8, 4) is 11.1 Å². The minimum atomic E-state index is -0.607. The van der Waals surface area contributed by atoms with E-state index in [1.165, 1.54) is 0 Å². The van der Waals surface area contributed by atoms with Crippen LogP contribution in [-0.4, -0.2) is 5.78 Å². The van der Waals surface area contributed by atoms with Crippen LogP contribution in [0, 0.1) is 0 Å². The van der Waals surface area contributed by atoms with Crippen molar-refractivity contribution < 1.29 is 4.79 Å². The van der Waals surface area contributed by atoms with Crippen LogP contribution in [0.2, 0.25) is 0 Å². The molecule has 0 radical (unpaired) electrons. The zero-order valence-electron chi connectivity index (χ0n) is 18.4. The average molecular weight is 501 g/mol. The molecular formula is C32H21BrO. The van der Waals surface area contributed by atoms with E-state index in [1.54, 1.807) is 0 Å². The molecule has 0 saturated carbocycles. The van der Waals surface area contributed by atoms with Crippen LogP contribution in [0.3, 0.4) is 0 Å². The Morgan fingerprint density at radius 3 is 1.76 bits per heavy atom. The molecule has 1 aliphatic carbocycles. The number of fused-ring (bicyclic) bond motifs is 2. The monoisotopic (exact) mass is 500 g/mol. The number of rotatable bonds is 3. The molecule has 0 spiro atoms. The summed E-state index contributed by atoms with van der Waals surface area (Å²) >= 11 is 3.61. The molecule has 0 bridgehead atoms. The van der Waals surface area contributed by atoms with Crippen LogP contribution in [0.25, 0.3) is 11.1 Å². The van der Waals surface area contributed by atoms with Gasteiger partial charge in [0.15, 0.2) is 5.78 Å². The number of hydrogen-bond acceptors (Lipinski definition) is 1. The van der Waals surface area contributed by atoms with E-state index >= 15 is 0 Å². The van der Waals surface area contributed by atoms with E-state index in [2.05, 4.69) is 94.8 Å². The predicted octanol–water partition coefficient (Wildman–Crippen LogP) is 8.04. The number of hydrogen-bond donors (Lipinski definition) is 0. The van der Waals surface area contributed by atoms with Gasteiger partial charge in [0, 0.05) is 15.6 Å². The summed E-state index contributed by atoms with van der Waals surface area (Å²) < 4.78 is 1.03. The van der Waals surface area contributed by atoms with Gasteiger partial charge in [-0.3, -0.25) is 4.79 Å². The molecule has 0 amide bonds. The Bertz CT molecular complexity index is 1480. The van der Waals surface area contributed by atoms with E-state index in [0.29, 0.717) is 0 Å². The standard InChI is InChI=1S/C32H21BrO/c33-26-15-9-10-22(20-26)23-18-19-28-30(21-23)32(24-11-3-1-4-12-24,25-13-5-2-6-14-25)29-17-8-7-16-27(29)31(28)34/h1-21H. The molecule has 0 heterocycles. The third kappa shape index (κ3) is 3.10. The molecule has 0 fully saturated rings. The maximum atomic E-state index is 13.8. The van der Waals surface area contributed by atoms with Crippen molar-refractivity contribution in [3.63, 3.8) is 0 Å². The van der Waals surface area contributed by atoms with Gasteiger partial charge in [-0.2, -0.15) is 0 Å². The molecule has 1 aliphatic rings. The molecular weight excluding hydrogens is 480 g/mol. The van der Waals surface area contributed by atoms with E-state index in [1.807, 2.05) is 48.5 Å². The highest BCUT2D eigenvalue weighted by Gasteiger charge is 2.46. The van der Waals surface area contributed by atoms with Gasteiger partial charge in [0.25, 0.3) is 0 Å². The predicted molar refractivity (Wildman–Crippen MR) is 141 cm³/mol. The fourth-order valence-electron chi connectivity index (χ4n) is 5.36. The Balaban J connectivity index is 1.76. The summed E-state index contributed by atoms with van der Waals surface area (Å²) in [6.07, 6.45) is 0. The van der Waals surface area contributed by atoms with Crippen LogP contribution in [0.4, 0.5) is 0 Å². The van der Waals surface area contributed by atoms with Crippen LogP contribution in [-0.2, 0) is 5.41 Å². The molecule has 2 heteroatoms. The van der Waals surface area contributed by atoms with Crippen LogP contribution < -0.4 is 0 Å². The van der Waals surface area contributed by atoms with Gasteiger partial charge in [0.05, 0.1) is 5.41 Å². The largest absolute Gasteiger partial charge is 0.289 e. The molecule has 0 saturated heterocycles. The number of carbonyl (C=O) groups is 1. The van der Waals surface area contributed by atoms with Crippen LogP contribution >= 0.6 is 15.9 Å². The molecule has 162 valence electrons. The maximum absolute atomic E-state index is 13.8. The van der Waals surface area contributed by atoms with Crippen molar-refractivity contribution >= 4 is 21.7 Å². The first-order valence-electron chi connectivity index (χ1n) is 11.4. The highest BCUT2D eigenvalue weighted by atomic mass is 79.9. The molecule has 0 unspecified atom stereocenters. The molecule has 6 rings (SSSR count). The summed E-state index contributed by atoms with van der Waals surface area (Å²) in [5, 5.41) is 0. The highest BCUT2D eigenvalue weighted by Crippen LogP contribution is 2.51. The lowest BCUT2D eigenvalue weighted by Gasteiger charge is -2.42. The van der Waals surface area contributed by atoms with Crippen molar-refractivity contribution in [1.29, 1.82) is 0 Å². The fourth-order valence-corrected chi connectivity index (χ4v) is 5.76. The van der Waals surface area contributed by atoms with Crippen LogP contribution in [0.5, 0.6) is 0 Å². The SMILES string of the molecule is O=C1c2ccccc2C(c2ccccc2)(c2ccccc2)c2cc(-c3cccc(Br)c3)ccc21. The quantitative estimate of drug-likeness (QED) is 0.240. The second kappa shape index (κ2) is 8.23. The summed E-state index contributed by atoms with van der Waals surface area (Å²) in [6, 6.07) is 43.8. The maximum Gasteiger partial charge on any atom is 0.193 e. The van der Waals surface area contributed by atoms with Gasteiger partial charge in [-0.1, -0.05) is 125 Å². The number of ketones is 1. The lowest BCUT2D eigenvalue weighted by atomic mass is 9.59. The zero-order chi connectivity index (χ0) is 23.1. The highest BCUT2D eigenvalue weighted by molar-refractivity contribution is 9.10. The number of halogens is 1. The summed E-state index contributed by atoms with van der Waals surface area (Å²) in [5.74, 6) is 0.0777. The number of carbonyl (C=O) groups excluding carboxylic acids is 1. The molecule has 5 aromatic carbocycles. The van der Waals surface area contributed by atoms with Crippen LogP contribution in [0.15, 0.2) is 132 Å². The fraction of sp³-hybridized carbons (Fsp3) is 0.0312. The first-order valence-corrected chi connectivity index (χ1v) is 12.1. The molecule has 34 heavy (non-hydrogen) atoms. The van der Waals surface area contributed by atoms with Gasteiger partial charge >= 0.3 is 0 Å². The van der Waals surface area contributed by atoms with E-state index in [9.17, 15) is 4.79 Å². The van der Waals surface area contributed by atoms with Crippen molar-refractivity contribution in [2.45, 2.75) is 5.41 Å². The average Bonchev–Trinajstić information content (AvgIpc) is 2.90. The summed E-state index contributed by atoms with van der Waals surface area (Å²) in [7, 11) is 0.